The monoisotopic (exact) mass is 322 g/mol. The summed E-state index contributed by atoms with van der Waals surface area (Å²) < 4.78 is 31.2. The summed E-state index contributed by atoms with van der Waals surface area (Å²) in [4.78, 5) is 25.2. The summed E-state index contributed by atoms with van der Waals surface area (Å²) >= 11 is 0. The molecule has 0 saturated heterocycles. The van der Waals surface area contributed by atoms with Crippen LogP contribution < -0.4 is 10.2 Å². The van der Waals surface area contributed by atoms with Crippen LogP contribution in [0.5, 0.6) is 0 Å². The SMILES string of the molecule is CCN(C(=O)CCNC(=O)c1ccco1)c1ccc(F)c(F)c1. The number of rotatable bonds is 6. The van der Waals surface area contributed by atoms with Crippen LogP contribution in [0.4, 0.5) is 14.5 Å². The van der Waals surface area contributed by atoms with Gasteiger partial charge < -0.3 is 14.6 Å². The van der Waals surface area contributed by atoms with Gasteiger partial charge in [-0.25, -0.2) is 8.78 Å². The molecule has 7 heteroatoms. The third-order valence-corrected chi connectivity index (χ3v) is 3.20. The molecule has 23 heavy (non-hydrogen) atoms. The number of carbonyl (C=O) groups excluding carboxylic acids is 2. The zero-order valence-electron chi connectivity index (χ0n) is 12.5. The number of benzene rings is 1. The zero-order chi connectivity index (χ0) is 16.8. The Labute approximate surface area is 131 Å². The smallest absolute Gasteiger partial charge is 0.286 e. The van der Waals surface area contributed by atoms with Crippen LogP contribution in [0.3, 0.4) is 0 Å². The van der Waals surface area contributed by atoms with Gasteiger partial charge in [0.2, 0.25) is 5.91 Å². The second kappa shape index (κ2) is 7.53. The Bertz CT molecular complexity index is 687. The predicted octanol–water partition coefficient (Wildman–Crippen LogP) is 2.73. The van der Waals surface area contributed by atoms with Crippen LogP contribution in [0.2, 0.25) is 0 Å². The van der Waals surface area contributed by atoms with Crippen LogP contribution in [-0.4, -0.2) is 24.9 Å². The van der Waals surface area contributed by atoms with Gasteiger partial charge in [-0.05, 0) is 31.2 Å². The van der Waals surface area contributed by atoms with E-state index in [1.807, 2.05) is 0 Å². The number of amides is 2. The van der Waals surface area contributed by atoms with Crippen molar-refractivity contribution in [2.24, 2.45) is 0 Å². The zero-order valence-corrected chi connectivity index (χ0v) is 12.5. The van der Waals surface area contributed by atoms with Gasteiger partial charge in [0.25, 0.3) is 5.91 Å². The van der Waals surface area contributed by atoms with Gasteiger partial charge in [0.05, 0.1) is 6.26 Å². The Morgan fingerprint density at radius 1 is 1.22 bits per heavy atom. The maximum atomic E-state index is 13.3. The Morgan fingerprint density at radius 3 is 2.61 bits per heavy atom. The minimum absolute atomic E-state index is 0.0271. The fourth-order valence-corrected chi connectivity index (χ4v) is 2.07. The molecule has 0 saturated carbocycles. The molecule has 2 rings (SSSR count). The number of nitrogens with zero attached hydrogens (tertiary/aromatic N) is 1. The average Bonchev–Trinajstić information content (AvgIpc) is 3.06. The minimum atomic E-state index is -1.01. The van der Waals surface area contributed by atoms with Gasteiger partial charge in [-0.3, -0.25) is 9.59 Å². The van der Waals surface area contributed by atoms with E-state index in [2.05, 4.69) is 5.32 Å². The first-order chi connectivity index (χ1) is 11.0. The molecular formula is C16H16F2N2O3. The molecular weight excluding hydrogens is 306 g/mol. The van der Waals surface area contributed by atoms with Crippen LogP contribution in [-0.2, 0) is 4.79 Å². The molecule has 0 fully saturated rings. The lowest BCUT2D eigenvalue weighted by Crippen LogP contribution is -2.34. The Kier molecular flexibility index (Phi) is 5.46. The molecule has 0 spiro atoms. The predicted molar refractivity (Wildman–Crippen MR) is 80.0 cm³/mol. The molecule has 2 amide bonds. The number of halogens is 2. The highest BCUT2D eigenvalue weighted by Gasteiger charge is 2.16. The van der Waals surface area contributed by atoms with E-state index in [4.69, 9.17) is 4.42 Å². The van der Waals surface area contributed by atoms with Crippen LogP contribution in [0.25, 0.3) is 0 Å². The summed E-state index contributed by atoms with van der Waals surface area (Å²) in [5.74, 6) is -2.55. The quantitative estimate of drug-likeness (QED) is 0.889. The molecule has 0 aliphatic carbocycles. The molecule has 1 N–H and O–H groups in total. The number of hydrogen-bond acceptors (Lipinski definition) is 3. The van der Waals surface area contributed by atoms with Crippen LogP contribution in [0.1, 0.15) is 23.9 Å². The number of hydrogen-bond donors (Lipinski definition) is 1. The molecule has 0 atom stereocenters. The highest BCUT2D eigenvalue weighted by Crippen LogP contribution is 2.18. The van der Waals surface area contributed by atoms with Crippen molar-refractivity contribution in [3.63, 3.8) is 0 Å². The van der Waals surface area contributed by atoms with E-state index in [9.17, 15) is 18.4 Å². The lowest BCUT2D eigenvalue weighted by atomic mass is 10.2. The second-order valence-electron chi connectivity index (χ2n) is 4.72. The Morgan fingerprint density at radius 2 is 2.00 bits per heavy atom. The fraction of sp³-hybridized carbons (Fsp3) is 0.250. The van der Waals surface area contributed by atoms with Crippen LogP contribution >= 0.6 is 0 Å². The van der Waals surface area contributed by atoms with Crippen molar-refractivity contribution in [3.05, 3.63) is 54.0 Å². The van der Waals surface area contributed by atoms with Crippen LogP contribution in [0, 0.1) is 11.6 Å². The highest BCUT2D eigenvalue weighted by molar-refractivity contribution is 5.94. The molecule has 1 heterocycles. The Hall–Kier alpha value is -2.70. The maximum Gasteiger partial charge on any atom is 0.286 e. The van der Waals surface area contributed by atoms with Gasteiger partial charge in [-0.1, -0.05) is 0 Å². The summed E-state index contributed by atoms with van der Waals surface area (Å²) in [7, 11) is 0. The van der Waals surface area contributed by atoms with Gasteiger partial charge in [0.1, 0.15) is 0 Å². The van der Waals surface area contributed by atoms with Gasteiger partial charge in [0, 0.05) is 31.3 Å². The second-order valence-corrected chi connectivity index (χ2v) is 4.72. The maximum absolute atomic E-state index is 13.3. The largest absolute Gasteiger partial charge is 0.459 e. The summed E-state index contributed by atoms with van der Waals surface area (Å²) in [5.41, 5.74) is 0.272. The minimum Gasteiger partial charge on any atom is -0.459 e. The molecule has 5 nitrogen and oxygen atoms in total. The van der Waals surface area contributed by atoms with Crippen molar-refractivity contribution < 1.29 is 22.8 Å². The third kappa shape index (κ3) is 4.15. The molecule has 122 valence electrons. The van der Waals surface area contributed by atoms with Crippen molar-refractivity contribution in [3.8, 4) is 0 Å². The molecule has 0 bridgehead atoms. The summed E-state index contributed by atoms with van der Waals surface area (Å²) in [5, 5.41) is 2.55. The van der Waals surface area contributed by atoms with E-state index in [0.717, 1.165) is 12.1 Å². The number of anilines is 1. The first-order valence-electron chi connectivity index (χ1n) is 7.10. The molecule has 0 radical (unpaired) electrons. The highest BCUT2D eigenvalue weighted by atomic mass is 19.2. The standard InChI is InChI=1S/C16H16F2N2O3/c1-2-20(11-5-6-12(17)13(18)10-11)15(21)7-8-19-16(22)14-4-3-9-23-14/h3-6,9-10H,2,7-8H2,1H3,(H,19,22). The third-order valence-electron chi connectivity index (χ3n) is 3.20. The van der Waals surface area contributed by atoms with Crippen molar-refractivity contribution in [2.75, 3.05) is 18.0 Å². The molecule has 1 aromatic carbocycles. The molecule has 1 aromatic heterocycles. The van der Waals surface area contributed by atoms with E-state index < -0.39 is 17.5 Å². The summed E-state index contributed by atoms with van der Waals surface area (Å²) in [6.07, 6.45) is 1.40. The van der Waals surface area contributed by atoms with Gasteiger partial charge in [-0.15, -0.1) is 0 Å². The number of furan rings is 1. The van der Waals surface area contributed by atoms with Crippen molar-refractivity contribution in [1.29, 1.82) is 0 Å². The van der Waals surface area contributed by atoms with Crippen molar-refractivity contribution >= 4 is 17.5 Å². The van der Waals surface area contributed by atoms with E-state index in [1.54, 1.807) is 13.0 Å². The van der Waals surface area contributed by atoms with Crippen molar-refractivity contribution in [2.45, 2.75) is 13.3 Å². The molecule has 0 aliphatic rings. The van der Waals surface area contributed by atoms with Crippen LogP contribution in [0.15, 0.2) is 41.0 Å². The molecule has 0 unspecified atom stereocenters. The topological polar surface area (TPSA) is 62.6 Å². The first kappa shape index (κ1) is 16.7. The van der Waals surface area contributed by atoms with Gasteiger partial charge in [0.15, 0.2) is 17.4 Å². The Balaban J connectivity index is 1.92. The van der Waals surface area contributed by atoms with E-state index in [1.165, 1.54) is 23.3 Å². The molecule has 0 aliphatic heterocycles. The summed E-state index contributed by atoms with van der Waals surface area (Å²) in [6.45, 7) is 2.13. The van der Waals surface area contributed by atoms with E-state index in [-0.39, 0.29) is 30.3 Å². The number of nitrogens with one attached hydrogen (secondary N) is 1. The lowest BCUT2D eigenvalue weighted by molar-refractivity contribution is -0.118. The summed E-state index contributed by atoms with van der Waals surface area (Å²) in [6, 6.07) is 6.37. The number of carbonyl (C=O) groups is 2. The van der Waals surface area contributed by atoms with E-state index >= 15 is 0 Å². The van der Waals surface area contributed by atoms with Gasteiger partial charge in [-0.2, -0.15) is 0 Å². The first-order valence-corrected chi connectivity index (χ1v) is 7.10. The molecule has 2 aromatic rings. The van der Waals surface area contributed by atoms with E-state index in [0.29, 0.717) is 6.54 Å². The van der Waals surface area contributed by atoms with Gasteiger partial charge >= 0.3 is 0 Å². The normalized spacial score (nSPS) is 10.4. The fourth-order valence-electron chi connectivity index (χ4n) is 2.07. The van der Waals surface area contributed by atoms with Crippen molar-refractivity contribution in [1.82, 2.24) is 5.32 Å². The lowest BCUT2D eigenvalue weighted by Gasteiger charge is -2.21. The average molecular weight is 322 g/mol.